The molecule has 2 aromatic carbocycles. The largest absolute Gasteiger partial charge is 0.338 e. The van der Waals surface area contributed by atoms with Crippen molar-refractivity contribution in [1.82, 2.24) is 4.90 Å². The Balaban J connectivity index is 1.33. The van der Waals surface area contributed by atoms with Gasteiger partial charge in [-0.05, 0) is 30.4 Å². The van der Waals surface area contributed by atoms with Crippen LogP contribution in [0.3, 0.4) is 0 Å². The molecule has 1 aliphatic heterocycles. The average molecular weight is 420 g/mol. The fourth-order valence-corrected chi connectivity index (χ4v) is 5.51. The van der Waals surface area contributed by atoms with Gasteiger partial charge >= 0.3 is 0 Å². The normalized spacial score (nSPS) is 22.2. The van der Waals surface area contributed by atoms with Gasteiger partial charge in [0.25, 0.3) is 0 Å². The van der Waals surface area contributed by atoms with E-state index < -0.39 is 0 Å². The third kappa shape index (κ3) is 6.67. The lowest BCUT2D eigenvalue weighted by Crippen LogP contribution is -3.13. The van der Waals surface area contributed by atoms with E-state index in [1.54, 1.807) is 4.90 Å². The molecule has 1 heterocycles. The predicted octanol–water partition coefficient (Wildman–Crippen LogP) is 4.13. The molecule has 166 valence electrons. The molecule has 1 amide bonds. The maximum absolute atomic E-state index is 13.5. The minimum Gasteiger partial charge on any atom is -0.338 e. The molecule has 2 aromatic rings. The zero-order chi connectivity index (χ0) is 21.3. The Kier molecular flexibility index (Phi) is 8.17. The van der Waals surface area contributed by atoms with E-state index in [1.807, 2.05) is 6.07 Å². The van der Waals surface area contributed by atoms with Crippen LogP contribution in [0.5, 0.6) is 0 Å². The van der Waals surface area contributed by atoms with Crippen molar-refractivity contribution in [3.8, 4) is 0 Å². The maximum atomic E-state index is 13.5. The number of nitrogens with zero attached hydrogens (tertiary/aromatic N) is 1. The van der Waals surface area contributed by atoms with Crippen LogP contribution in [0, 0.1) is 11.8 Å². The average Bonchev–Trinajstić information content (AvgIpc) is 2.84. The molecule has 4 rings (SSSR count). The van der Waals surface area contributed by atoms with Gasteiger partial charge in [-0.2, -0.15) is 0 Å². The van der Waals surface area contributed by atoms with Crippen LogP contribution in [0.1, 0.15) is 56.1 Å². The number of quaternary nitrogens is 1. The Hall–Kier alpha value is -2.13. The standard InChI is InChI=1S/C28H38N2O/c31-28(27-17-19-29(20-18-27)22-25-12-6-2-7-13-25)30(23-26-14-8-3-9-15-26)21-16-24-10-4-1-5-11-24/h1,3-5,8-11,14-15,25,27H,2,6-7,12-13,16-23H2/p+1. The summed E-state index contributed by atoms with van der Waals surface area (Å²) in [7, 11) is 0. The lowest BCUT2D eigenvalue weighted by Gasteiger charge is -2.34. The molecule has 3 nitrogen and oxygen atoms in total. The van der Waals surface area contributed by atoms with Gasteiger partial charge in [-0.25, -0.2) is 0 Å². The van der Waals surface area contributed by atoms with Crippen LogP contribution in [0.15, 0.2) is 60.7 Å². The molecule has 1 aliphatic carbocycles. The quantitative estimate of drug-likeness (QED) is 0.684. The van der Waals surface area contributed by atoms with Gasteiger partial charge in [-0.15, -0.1) is 0 Å². The van der Waals surface area contributed by atoms with Gasteiger partial charge in [0.1, 0.15) is 0 Å². The molecule has 1 N–H and O–H groups in total. The number of benzene rings is 2. The zero-order valence-electron chi connectivity index (χ0n) is 19.0. The number of piperidine rings is 1. The molecule has 0 atom stereocenters. The first-order chi connectivity index (χ1) is 15.3. The highest BCUT2D eigenvalue weighted by Gasteiger charge is 2.31. The summed E-state index contributed by atoms with van der Waals surface area (Å²) < 4.78 is 0. The van der Waals surface area contributed by atoms with E-state index in [-0.39, 0.29) is 5.92 Å². The van der Waals surface area contributed by atoms with Crippen molar-refractivity contribution in [3.05, 3.63) is 71.8 Å². The van der Waals surface area contributed by atoms with Gasteiger partial charge in [0.2, 0.25) is 5.91 Å². The molecule has 1 saturated heterocycles. The third-order valence-corrected chi connectivity index (χ3v) is 7.39. The first-order valence-corrected chi connectivity index (χ1v) is 12.5. The van der Waals surface area contributed by atoms with Crippen molar-refractivity contribution in [2.75, 3.05) is 26.2 Å². The highest BCUT2D eigenvalue weighted by Crippen LogP contribution is 2.23. The van der Waals surface area contributed by atoms with Crippen LogP contribution in [-0.4, -0.2) is 37.0 Å². The van der Waals surface area contributed by atoms with Gasteiger partial charge in [-0.1, -0.05) is 79.9 Å². The topological polar surface area (TPSA) is 24.8 Å². The molecule has 0 aromatic heterocycles. The molecule has 0 bridgehead atoms. The van der Waals surface area contributed by atoms with E-state index in [4.69, 9.17) is 0 Å². The summed E-state index contributed by atoms with van der Waals surface area (Å²) >= 11 is 0. The minimum atomic E-state index is 0.203. The van der Waals surface area contributed by atoms with E-state index in [0.29, 0.717) is 5.91 Å². The Morgan fingerprint density at radius 1 is 0.806 bits per heavy atom. The minimum absolute atomic E-state index is 0.203. The monoisotopic (exact) mass is 419 g/mol. The number of carbonyl (C=O) groups is 1. The third-order valence-electron chi connectivity index (χ3n) is 7.39. The summed E-state index contributed by atoms with van der Waals surface area (Å²) in [4.78, 5) is 17.4. The molecule has 3 heteroatoms. The van der Waals surface area contributed by atoms with E-state index in [1.165, 1.54) is 62.9 Å². The van der Waals surface area contributed by atoms with E-state index in [2.05, 4.69) is 59.5 Å². The Morgan fingerprint density at radius 3 is 2.06 bits per heavy atom. The number of rotatable bonds is 8. The van der Waals surface area contributed by atoms with Gasteiger partial charge in [0.05, 0.1) is 19.6 Å². The smallest absolute Gasteiger partial charge is 0.226 e. The summed E-state index contributed by atoms with van der Waals surface area (Å²) in [5.74, 6) is 1.50. The van der Waals surface area contributed by atoms with E-state index in [9.17, 15) is 4.79 Å². The molecule has 0 spiro atoms. The van der Waals surface area contributed by atoms with Crippen LogP contribution in [-0.2, 0) is 17.8 Å². The summed E-state index contributed by atoms with van der Waals surface area (Å²) in [5.41, 5.74) is 2.53. The number of likely N-dealkylation sites (tertiary alicyclic amines) is 1. The lowest BCUT2D eigenvalue weighted by molar-refractivity contribution is -0.909. The van der Waals surface area contributed by atoms with Crippen LogP contribution in [0.25, 0.3) is 0 Å². The summed E-state index contributed by atoms with van der Waals surface area (Å²) in [6, 6.07) is 21.0. The Morgan fingerprint density at radius 2 is 1.42 bits per heavy atom. The van der Waals surface area contributed by atoms with E-state index in [0.717, 1.165) is 38.3 Å². The number of carbonyl (C=O) groups excluding carboxylic acids is 1. The molecule has 2 aliphatic rings. The second kappa shape index (κ2) is 11.5. The van der Waals surface area contributed by atoms with Crippen molar-refractivity contribution in [2.24, 2.45) is 11.8 Å². The van der Waals surface area contributed by atoms with Crippen molar-refractivity contribution >= 4 is 5.91 Å². The Bertz CT molecular complexity index is 777. The first kappa shape index (κ1) is 22.1. The molecular weight excluding hydrogens is 380 g/mol. The maximum Gasteiger partial charge on any atom is 0.226 e. The van der Waals surface area contributed by atoms with Crippen LogP contribution >= 0.6 is 0 Å². The fraction of sp³-hybridized carbons (Fsp3) is 0.536. The highest BCUT2D eigenvalue weighted by atomic mass is 16.2. The molecule has 0 unspecified atom stereocenters. The van der Waals surface area contributed by atoms with Crippen molar-refractivity contribution in [2.45, 2.75) is 57.9 Å². The summed E-state index contributed by atoms with van der Waals surface area (Å²) in [6.45, 7) is 5.20. The summed E-state index contributed by atoms with van der Waals surface area (Å²) in [6.07, 6.45) is 10.2. The SMILES string of the molecule is O=C(C1CC[NH+](CC2CCCCC2)CC1)N(CCc1ccccc1)Cc1ccccc1. The number of hydrogen-bond donors (Lipinski definition) is 1. The second-order valence-corrected chi connectivity index (χ2v) is 9.71. The Labute approximate surface area is 188 Å². The lowest BCUT2D eigenvalue weighted by atomic mass is 9.87. The van der Waals surface area contributed by atoms with Gasteiger partial charge < -0.3 is 9.80 Å². The van der Waals surface area contributed by atoms with Gasteiger partial charge in [-0.3, -0.25) is 4.79 Å². The van der Waals surface area contributed by atoms with Crippen molar-refractivity contribution in [1.29, 1.82) is 0 Å². The fourth-order valence-electron chi connectivity index (χ4n) is 5.51. The van der Waals surface area contributed by atoms with Crippen molar-refractivity contribution < 1.29 is 9.69 Å². The van der Waals surface area contributed by atoms with Crippen LogP contribution in [0.4, 0.5) is 0 Å². The zero-order valence-corrected chi connectivity index (χ0v) is 19.0. The van der Waals surface area contributed by atoms with Gasteiger partial charge in [0.15, 0.2) is 0 Å². The van der Waals surface area contributed by atoms with E-state index >= 15 is 0 Å². The van der Waals surface area contributed by atoms with Crippen LogP contribution < -0.4 is 4.90 Å². The van der Waals surface area contributed by atoms with Crippen molar-refractivity contribution in [3.63, 3.8) is 0 Å². The predicted molar refractivity (Wildman–Crippen MR) is 127 cm³/mol. The molecular formula is C28H39N2O+. The highest BCUT2D eigenvalue weighted by molar-refractivity contribution is 5.79. The molecule has 31 heavy (non-hydrogen) atoms. The second-order valence-electron chi connectivity index (χ2n) is 9.71. The molecule has 2 fully saturated rings. The number of hydrogen-bond acceptors (Lipinski definition) is 1. The molecule has 0 radical (unpaired) electrons. The van der Waals surface area contributed by atoms with Gasteiger partial charge in [0, 0.05) is 37.8 Å². The van der Waals surface area contributed by atoms with Crippen LogP contribution in [0.2, 0.25) is 0 Å². The first-order valence-electron chi connectivity index (χ1n) is 12.5. The molecule has 1 saturated carbocycles. The summed E-state index contributed by atoms with van der Waals surface area (Å²) in [5, 5.41) is 0. The number of amides is 1. The number of nitrogens with one attached hydrogen (secondary N) is 1.